The summed E-state index contributed by atoms with van der Waals surface area (Å²) in [5, 5.41) is 17.6. The third-order valence-corrected chi connectivity index (χ3v) is 4.65. The zero-order valence-electron chi connectivity index (χ0n) is 11.1. The number of carboxylic acids is 1. The third-order valence-electron chi connectivity index (χ3n) is 4.65. The number of rotatable bonds is 2. The van der Waals surface area contributed by atoms with Crippen LogP contribution in [0.3, 0.4) is 0 Å². The summed E-state index contributed by atoms with van der Waals surface area (Å²) in [6.45, 7) is 3.35. The average molecular weight is 272 g/mol. The van der Waals surface area contributed by atoms with Gasteiger partial charge in [0, 0.05) is 6.54 Å². The maximum Gasteiger partial charge on any atom is 0.335 e. The van der Waals surface area contributed by atoms with Crippen LogP contribution in [0.5, 0.6) is 0 Å². The molecule has 3 saturated heterocycles. The SMILES string of the molecule is O=C(O)c1ccc2nnn(C3CN4CCC3CC4)c2c1. The molecule has 0 amide bonds. The van der Waals surface area contributed by atoms with Gasteiger partial charge in [0.15, 0.2) is 0 Å². The van der Waals surface area contributed by atoms with Crippen molar-refractivity contribution in [2.24, 2.45) is 5.92 Å². The molecule has 0 aliphatic carbocycles. The van der Waals surface area contributed by atoms with E-state index in [2.05, 4.69) is 15.2 Å². The molecule has 2 bridgehead atoms. The standard InChI is InChI=1S/C14H16N4O2/c19-14(20)10-1-2-11-12(7-10)18(16-15-11)13-8-17-5-3-9(13)4-6-17/h1-2,7,9,13H,3-6,8H2,(H,19,20). The lowest BCUT2D eigenvalue weighted by atomic mass is 9.84. The molecule has 0 spiro atoms. The van der Waals surface area contributed by atoms with Crippen LogP contribution in [0.2, 0.25) is 0 Å². The van der Waals surface area contributed by atoms with Crippen LogP contribution < -0.4 is 0 Å². The van der Waals surface area contributed by atoms with Crippen molar-refractivity contribution in [2.75, 3.05) is 19.6 Å². The number of fused-ring (bicyclic) bond motifs is 4. The van der Waals surface area contributed by atoms with Gasteiger partial charge in [0.1, 0.15) is 5.52 Å². The predicted octanol–water partition coefficient (Wildman–Crippen LogP) is 1.40. The first-order chi connectivity index (χ1) is 9.72. The summed E-state index contributed by atoms with van der Waals surface area (Å²) in [5.74, 6) is -0.271. The fourth-order valence-corrected chi connectivity index (χ4v) is 3.52. The van der Waals surface area contributed by atoms with Crippen LogP contribution in [0.15, 0.2) is 18.2 Å². The molecule has 0 radical (unpaired) electrons. The Balaban J connectivity index is 1.79. The number of hydrogen-bond donors (Lipinski definition) is 1. The molecule has 1 N–H and O–H groups in total. The topological polar surface area (TPSA) is 71.2 Å². The van der Waals surface area contributed by atoms with Gasteiger partial charge in [-0.05, 0) is 50.0 Å². The van der Waals surface area contributed by atoms with Crippen LogP contribution in [-0.4, -0.2) is 50.6 Å². The Bertz CT molecular complexity index is 673. The molecule has 3 fully saturated rings. The summed E-state index contributed by atoms with van der Waals surface area (Å²) in [7, 11) is 0. The molecular weight excluding hydrogens is 256 g/mol. The zero-order chi connectivity index (χ0) is 13.7. The molecule has 6 heteroatoms. The van der Waals surface area contributed by atoms with Crippen molar-refractivity contribution in [1.29, 1.82) is 0 Å². The molecule has 1 unspecified atom stereocenters. The lowest BCUT2D eigenvalue weighted by molar-refractivity contribution is 0.0524. The van der Waals surface area contributed by atoms with Crippen molar-refractivity contribution in [3.05, 3.63) is 23.8 Å². The van der Waals surface area contributed by atoms with Crippen LogP contribution in [0.4, 0.5) is 0 Å². The van der Waals surface area contributed by atoms with Gasteiger partial charge in [0.25, 0.3) is 0 Å². The first-order valence-electron chi connectivity index (χ1n) is 7.03. The summed E-state index contributed by atoms with van der Waals surface area (Å²) < 4.78 is 1.94. The summed E-state index contributed by atoms with van der Waals surface area (Å²) in [6.07, 6.45) is 2.40. The summed E-state index contributed by atoms with van der Waals surface area (Å²) in [4.78, 5) is 13.6. The zero-order valence-corrected chi connectivity index (χ0v) is 11.1. The largest absolute Gasteiger partial charge is 0.478 e. The number of benzene rings is 1. The Morgan fingerprint density at radius 1 is 1.30 bits per heavy atom. The van der Waals surface area contributed by atoms with E-state index >= 15 is 0 Å². The fraction of sp³-hybridized carbons (Fsp3) is 0.500. The minimum absolute atomic E-state index is 0.294. The summed E-state index contributed by atoms with van der Waals surface area (Å²) in [6, 6.07) is 5.34. The van der Waals surface area contributed by atoms with Gasteiger partial charge in [-0.1, -0.05) is 5.21 Å². The second-order valence-corrected chi connectivity index (χ2v) is 5.75. The molecule has 1 aromatic carbocycles. The van der Waals surface area contributed by atoms with Crippen molar-refractivity contribution >= 4 is 17.0 Å². The van der Waals surface area contributed by atoms with E-state index < -0.39 is 5.97 Å². The molecule has 5 rings (SSSR count). The smallest absolute Gasteiger partial charge is 0.335 e. The highest BCUT2D eigenvalue weighted by Crippen LogP contribution is 2.36. The number of aromatic nitrogens is 3. The number of carboxylic acid groups (broad SMARTS) is 1. The highest BCUT2D eigenvalue weighted by Gasteiger charge is 2.36. The van der Waals surface area contributed by atoms with Gasteiger partial charge < -0.3 is 10.0 Å². The maximum atomic E-state index is 11.1. The van der Waals surface area contributed by atoms with E-state index in [1.165, 1.54) is 25.9 Å². The third kappa shape index (κ3) is 1.71. The molecular formula is C14H16N4O2. The van der Waals surface area contributed by atoms with E-state index in [9.17, 15) is 4.79 Å². The van der Waals surface area contributed by atoms with Gasteiger partial charge in [-0.3, -0.25) is 0 Å². The van der Waals surface area contributed by atoms with Crippen LogP contribution >= 0.6 is 0 Å². The molecule has 1 atom stereocenters. The monoisotopic (exact) mass is 272 g/mol. The van der Waals surface area contributed by atoms with Crippen LogP contribution in [0.1, 0.15) is 29.2 Å². The first-order valence-corrected chi connectivity index (χ1v) is 7.03. The molecule has 3 aliphatic rings. The second kappa shape index (κ2) is 4.28. The highest BCUT2D eigenvalue weighted by molar-refractivity contribution is 5.92. The van der Waals surface area contributed by atoms with Gasteiger partial charge in [-0.15, -0.1) is 5.10 Å². The van der Waals surface area contributed by atoms with Gasteiger partial charge in [0.2, 0.25) is 0 Å². The van der Waals surface area contributed by atoms with Crippen molar-refractivity contribution in [3.63, 3.8) is 0 Å². The normalized spacial score (nSPS) is 28.9. The van der Waals surface area contributed by atoms with Gasteiger partial charge in [-0.2, -0.15) is 0 Å². The number of carbonyl (C=O) groups is 1. The van der Waals surface area contributed by atoms with Crippen molar-refractivity contribution in [2.45, 2.75) is 18.9 Å². The van der Waals surface area contributed by atoms with E-state index in [4.69, 9.17) is 5.11 Å². The summed E-state index contributed by atoms with van der Waals surface area (Å²) in [5.41, 5.74) is 1.90. The number of piperidine rings is 3. The Kier molecular flexibility index (Phi) is 2.53. The van der Waals surface area contributed by atoms with E-state index in [0.717, 1.165) is 17.6 Å². The molecule has 1 aromatic heterocycles. The summed E-state index contributed by atoms with van der Waals surface area (Å²) >= 11 is 0. The van der Waals surface area contributed by atoms with Crippen LogP contribution in [0, 0.1) is 5.92 Å². The van der Waals surface area contributed by atoms with Crippen molar-refractivity contribution in [1.82, 2.24) is 19.9 Å². The van der Waals surface area contributed by atoms with E-state index in [-0.39, 0.29) is 0 Å². The van der Waals surface area contributed by atoms with Gasteiger partial charge in [-0.25, -0.2) is 9.48 Å². The quantitative estimate of drug-likeness (QED) is 0.894. The lowest BCUT2D eigenvalue weighted by Gasteiger charge is -2.44. The Morgan fingerprint density at radius 2 is 2.10 bits per heavy atom. The number of nitrogens with zero attached hydrogens (tertiary/aromatic N) is 4. The van der Waals surface area contributed by atoms with Crippen molar-refractivity contribution in [3.8, 4) is 0 Å². The Hall–Kier alpha value is -1.95. The average Bonchev–Trinajstić information content (AvgIpc) is 2.91. The Labute approximate surface area is 116 Å². The first kappa shape index (κ1) is 11.8. The van der Waals surface area contributed by atoms with Gasteiger partial charge in [0.05, 0.1) is 17.1 Å². The molecule has 4 heterocycles. The fourth-order valence-electron chi connectivity index (χ4n) is 3.52. The van der Waals surface area contributed by atoms with Gasteiger partial charge >= 0.3 is 5.97 Å². The molecule has 0 saturated carbocycles. The Morgan fingerprint density at radius 3 is 2.75 bits per heavy atom. The van der Waals surface area contributed by atoms with Crippen LogP contribution in [0.25, 0.3) is 11.0 Å². The van der Waals surface area contributed by atoms with E-state index in [0.29, 0.717) is 17.5 Å². The lowest BCUT2D eigenvalue weighted by Crippen LogP contribution is -2.48. The minimum atomic E-state index is -0.909. The minimum Gasteiger partial charge on any atom is -0.478 e. The van der Waals surface area contributed by atoms with E-state index in [1.807, 2.05) is 4.68 Å². The van der Waals surface area contributed by atoms with Crippen molar-refractivity contribution < 1.29 is 9.90 Å². The predicted molar refractivity (Wildman–Crippen MR) is 72.7 cm³/mol. The molecule has 6 nitrogen and oxygen atoms in total. The molecule has 104 valence electrons. The maximum absolute atomic E-state index is 11.1. The number of hydrogen-bond acceptors (Lipinski definition) is 4. The highest BCUT2D eigenvalue weighted by atomic mass is 16.4. The number of aromatic carboxylic acids is 1. The molecule has 3 aliphatic heterocycles. The second-order valence-electron chi connectivity index (χ2n) is 5.75. The molecule has 2 aromatic rings. The van der Waals surface area contributed by atoms with E-state index in [1.54, 1.807) is 18.2 Å². The molecule has 20 heavy (non-hydrogen) atoms. The van der Waals surface area contributed by atoms with Crippen LogP contribution in [-0.2, 0) is 0 Å².